The molecule has 30 heavy (non-hydrogen) atoms. The highest BCUT2D eigenvalue weighted by molar-refractivity contribution is 7.21. The molecule has 1 fully saturated rings. The third-order valence-electron chi connectivity index (χ3n) is 5.23. The van der Waals surface area contributed by atoms with E-state index in [1.807, 2.05) is 25.1 Å². The first-order valence-corrected chi connectivity index (χ1v) is 10.8. The highest BCUT2D eigenvalue weighted by atomic mass is 32.1. The summed E-state index contributed by atoms with van der Waals surface area (Å²) in [5.74, 6) is 0.933. The highest BCUT2D eigenvalue weighted by Crippen LogP contribution is 2.31. The molecule has 5 heterocycles. The molecule has 8 heteroatoms. The summed E-state index contributed by atoms with van der Waals surface area (Å²) >= 11 is 1.57. The predicted octanol–water partition coefficient (Wildman–Crippen LogP) is 4.94. The fourth-order valence-corrected chi connectivity index (χ4v) is 4.64. The van der Waals surface area contributed by atoms with Gasteiger partial charge in [-0.15, -0.1) is 11.3 Å². The van der Waals surface area contributed by atoms with E-state index in [2.05, 4.69) is 25.2 Å². The maximum atomic E-state index is 14.2. The average Bonchev–Trinajstić information content (AvgIpc) is 3.40. The van der Waals surface area contributed by atoms with Crippen LogP contribution in [0.3, 0.4) is 0 Å². The standard InChI is InChI=1S/C22H21FN6S/c1-14-5-4-8-24-21(14)22-27-16-11-20(25-12-18(16)30-22)28-19-7-6-15(23)17(26-19)13-29-9-2-3-10-29/h4-8,11-12H,2-3,9-10,13H2,1H3,(H,25,26,28). The average molecular weight is 421 g/mol. The molecule has 152 valence electrons. The molecule has 0 saturated carbocycles. The number of hydrogen-bond acceptors (Lipinski definition) is 7. The normalized spacial score (nSPS) is 14.5. The van der Waals surface area contributed by atoms with Crippen LogP contribution >= 0.6 is 11.3 Å². The summed E-state index contributed by atoms with van der Waals surface area (Å²) in [7, 11) is 0. The van der Waals surface area contributed by atoms with Crippen molar-refractivity contribution in [3.63, 3.8) is 0 Å². The van der Waals surface area contributed by atoms with Crippen LogP contribution in [0.15, 0.2) is 42.7 Å². The van der Waals surface area contributed by atoms with Crippen molar-refractivity contribution in [1.82, 2.24) is 24.8 Å². The van der Waals surface area contributed by atoms with Gasteiger partial charge < -0.3 is 5.32 Å². The molecule has 1 N–H and O–H groups in total. The highest BCUT2D eigenvalue weighted by Gasteiger charge is 2.16. The molecule has 4 aromatic rings. The molecule has 1 aliphatic rings. The van der Waals surface area contributed by atoms with E-state index < -0.39 is 0 Å². The van der Waals surface area contributed by atoms with Crippen molar-refractivity contribution in [3.8, 4) is 10.7 Å². The summed E-state index contributed by atoms with van der Waals surface area (Å²) in [6.07, 6.45) is 5.90. The van der Waals surface area contributed by atoms with Crippen LogP contribution in [0.1, 0.15) is 24.1 Å². The molecule has 0 amide bonds. The van der Waals surface area contributed by atoms with E-state index >= 15 is 0 Å². The molecule has 1 aliphatic heterocycles. The number of likely N-dealkylation sites (tertiary alicyclic amines) is 1. The number of nitrogens with one attached hydrogen (secondary N) is 1. The summed E-state index contributed by atoms with van der Waals surface area (Å²) in [5.41, 5.74) is 3.28. The van der Waals surface area contributed by atoms with Gasteiger partial charge in [-0.1, -0.05) is 6.07 Å². The lowest BCUT2D eigenvalue weighted by Gasteiger charge is -2.15. The van der Waals surface area contributed by atoms with Gasteiger partial charge in [-0.05, 0) is 56.6 Å². The van der Waals surface area contributed by atoms with Gasteiger partial charge in [0.2, 0.25) is 0 Å². The molecule has 0 aliphatic carbocycles. The second-order valence-corrected chi connectivity index (χ2v) is 8.49. The van der Waals surface area contributed by atoms with E-state index in [-0.39, 0.29) is 5.82 Å². The van der Waals surface area contributed by atoms with E-state index in [1.165, 1.54) is 6.07 Å². The fraction of sp³-hybridized carbons (Fsp3) is 0.273. The smallest absolute Gasteiger partial charge is 0.146 e. The fourth-order valence-electron chi connectivity index (χ4n) is 3.66. The monoisotopic (exact) mass is 420 g/mol. The zero-order chi connectivity index (χ0) is 20.5. The zero-order valence-corrected chi connectivity index (χ0v) is 17.4. The van der Waals surface area contributed by atoms with Gasteiger partial charge in [0.05, 0.1) is 15.9 Å². The largest absolute Gasteiger partial charge is 0.325 e. The van der Waals surface area contributed by atoms with Crippen molar-refractivity contribution in [3.05, 3.63) is 59.8 Å². The van der Waals surface area contributed by atoms with Crippen LogP contribution in [0.5, 0.6) is 0 Å². The third-order valence-corrected chi connectivity index (χ3v) is 6.25. The summed E-state index contributed by atoms with van der Waals surface area (Å²) in [4.78, 5) is 20.4. The summed E-state index contributed by atoms with van der Waals surface area (Å²) in [6, 6.07) is 8.93. The van der Waals surface area contributed by atoms with Crippen molar-refractivity contribution in [2.45, 2.75) is 26.3 Å². The minimum Gasteiger partial charge on any atom is -0.325 e. The Bertz CT molecular complexity index is 1200. The minimum atomic E-state index is -0.272. The van der Waals surface area contributed by atoms with Crippen molar-refractivity contribution >= 4 is 33.2 Å². The number of thiazole rings is 1. The number of aromatic nitrogens is 4. The van der Waals surface area contributed by atoms with Crippen LogP contribution in [0.4, 0.5) is 16.0 Å². The van der Waals surface area contributed by atoms with E-state index in [1.54, 1.807) is 29.8 Å². The lowest BCUT2D eigenvalue weighted by atomic mass is 10.2. The number of fused-ring (bicyclic) bond motifs is 1. The first-order chi connectivity index (χ1) is 14.7. The maximum Gasteiger partial charge on any atom is 0.146 e. The minimum absolute atomic E-state index is 0.272. The van der Waals surface area contributed by atoms with Gasteiger partial charge in [0, 0.05) is 25.0 Å². The SMILES string of the molecule is Cc1cccnc1-c1nc2cc(Nc3ccc(F)c(CN4CCCC4)n3)ncc2s1. The lowest BCUT2D eigenvalue weighted by Crippen LogP contribution is -2.20. The molecule has 5 rings (SSSR count). The quantitative estimate of drug-likeness (QED) is 0.494. The topological polar surface area (TPSA) is 66.8 Å². The Hall–Kier alpha value is -2.97. The van der Waals surface area contributed by atoms with Crippen molar-refractivity contribution in [2.75, 3.05) is 18.4 Å². The van der Waals surface area contributed by atoms with E-state index in [0.717, 1.165) is 52.4 Å². The van der Waals surface area contributed by atoms with Crippen LogP contribution < -0.4 is 5.32 Å². The zero-order valence-electron chi connectivity index (χ0n) is 16.6. The van der Waals surface area contributed by atoms with Crippen LogP contribution in [0.2, 0.25) is 0 Å². The molecule has 0 aromatic carbocycles. The number of nitrogens with zero attached hydrogens (tertiary/aromatic N) is 5. The first-order valence-electron chi connectivity index (χ1n) is 9.99. The molecule has 0 atom stereocenters. The van der Waals surface area contributed by atoms with Crippen LogP contribution in [0.25, 0.3) is 20.9 Å². The predicted molar refractivity (Wildman–Crippen MR) is 117 cm³/mol. The Kier molecular flexibility index (Phi) is 5.10. The Labute approximate surface area is 177 Å². The molecular weight excluding hydrogens is 399 g/mol. The third kappa shape index (κ3) is 3.88. The Morgan fingerprint density at radius 2 is 1.97 bits per heavy atom. The van der Waals surface area contributed by atoms with Gasteiger partial charge >= 0.3 is 0 Å². The number of anilines is 2. The summed E-state index contributed by atoms with van der Waals surface area (Å²) in [6.45, 7) is 4.56. The molecule has 1 saturated heterocycles. The maximum absolute atomic E-state index is 14.2. The molecule has 0 bridgehead atoms. The van der Waals surface area contributed by atoms with Crippen molar-refractivity contribution < 1.29 is 4.39 Å². The molecule has 4 aromatic heterocycles. The van der Waals surface area contributed by atoms with Gasteiger partial charge in [0.15, 0.2) is 0 Å². The van der Waals surface area contributed by atoms with Gasteiger partial charge in [-0.2, -0.15) is 0 Å². The van der Waals surface area contributed by atoms with Crippen LogP contribution in [0, 0.1) is 12.7 Å². The number of halogens is 1. The molecular formula is C22H21FN6S. The Morgan fingerprint density at radius 1 is 1.10 bits per heavy atom. The van der Waals surface area contributed by atoms with Gasteiger partial charge in [-0.3, -0.25) is 9.88 Å². The van der Waals surface area contributed by atoms with Crippen LogP contribution in [-0.4, -0.2) is 37.9 Å². The van der Waals surface area contributed by atoms with Crippen LogP contribution in [-0.2, 0) is 6.54 Å². The van der Waals surface area contributed by atoms with Gasteiger partial charge in [0.1, 0.15) is 28.2 Å². The van der Waals surface area contributed by atoms with E-state index in [4.69, 9.17) is 4.98 Å². The molecule has 0 radical (unpaired) electrons. The number of rotatable bonds is 5. The molecule has 6 nitrogen and oxygen atoms in total. The number of hydrogen-bond donors (Lipinski definition) is 1. The Morgan fingerprint density at radius 3 is 2.80 bits per heavy atom. The summed E-state index contributed by atoms with van der Waals surface area (Å²) < 4.78 is 15.2. The lowest BCUT2D eigenvalue weighted by molar-refractivity contribution is 0.320. The second kappa shape index (κ2) is 8.04. The second-order valence-electron chi connectivity index (χ2n) is 7.46. The van der Waals surface area contributed by atoms with Crippen molar-refractivity contribution in [2.24, 2.45) is 0 Å². The first kappa shape index (κ1) is 19.0. The molecule has 0 spiro atoms. The van der Waals surface area contributed by atoms with Gasteiger partial charge in [0.25, 0.3) is 0 Å². The van der Waals surface area contributed by atoms with E-state index in [9.17, 15) is 4.39 Å². The molecule has 0 unspecified atom stereocenters. The van der Waals surface area contributed by atoms with E-state index in [0.29, 0.717) is 23.9 Å². The Balaban J connectivity index is 1.39. The number of aryl methyl sites for hydroxylation is 1. The summed E-state index contributed by atoms with van der Waals surface area (Å²) in [5, 5.41) is 4.06. The number of pyridine rings is 3. The van der Waals surface area contributed by atoms with Crippen molar-refractivity contribution in [1.29, 1.82) is 0 Å². The van der Waals surface area contributed by atoms with Gasteiger partial charge in [-0.25, -0.2) is 19.3 Å².